The number of H-pyrrole nitrogens is 1. The molecule has 1 aliphatic rings. The Kier molecular flexibility index (Phi) is 3.75. The number of aromatic nitrogens is 2. The lowest BCUT2D eigenvalue weighted by Crippen LogP contribution is -2.40. The smallest absolute Gasteiger partial charge is 0.253 e. The lowest BCUT2D eigenvalue weighted by atomic mass is 10.1. The van der Waals surface area contributed by atoms with Crippen LogP contribution in [0.3, 0.4) is 0 Å². The van der Waals surface area contributed by atoms with Crippen molar-refractivity contribution in [2.45, 2.75) is 18.9 Å². The number of amides is 1. The maximum absolute atomic E-state index is 12.5. The average molecular weight is 326 g/mol. The molecular formula is C17H18N4OS. The summed E-state index contributed by atoms with van der Waals surface area (Å²) in [5.74, 6) is -0.0200. The number of thiazole rings is 1. The molecule has 1 aliphatic heterocycles. The van der Waals surface area contributed by atoms with Crippen molar-refractivity contribution in [1.82, 2.24) is 15.3 Å². The average Bonchev–Trinajstić information content (AvgIpc) is 3.30. The minimum absolute atomic E-state index is 0.0200. The zero-order valence-corrected chi connectivity index (χ0v) is 13.5. The Morgan fingerprint density at radius 1 is 1.43 bits per heavy atom. The van der Waals surface area contributed by atoms with Gasteiger partial charge in [-0.1, -0.05) is 18.2 Å². The first kappa shape index (κ1) is 14.3. The van der Waals surface area contributed by atoms with Crippen LogP contribution in [-0.2, 0) is 0 Å². The number of nitrogens with zero attached hydrogens (tertiary/aromatic N) is 2. The maximum Gasteiger partial charge on any atom is 0.253 e. The molecule has 3 heterocycles. The van der Waals surface area contributed by atoms with Crippen LogP contribution in [0.15, 0.2) is 42.0 Å². The van der Waals surface area contributed by atoms with Gasteiger partial charge in [0.1, 0.15) is 0 Å². The molecule has 0 aliphatic carbocycles. The fraction of sp³-hybridized carbons (Fsp3) is 0.294. The van der Waals surface area contributed by atoms with Crippen molar-refractivity contribution in [3.8, 4) is 0 Å². The Bertz CT molecular complexity index is 811. The standard InChI is InChI=1S/C17H18N4OS/c22-16(14-11-19-15-6-2-1-5-13(14)15)20-10-12-4-3-8-21(12)17-18-7-9-23-17/h1-2,5-7,9,11-12,19H,3-4,8,10H2,(H,20,22)/t12-/m0/s1. The lowest BCUT2D eigenvalue weighted by molar-refractivity contribution is 0.0953. The summed E-state index contributed by atoms with van der Waals surface area (Å²) in [7, 11) is 0. The summed E-state index contributed by atoms with van der Waals surface area (Å²) >= 11 is 1.65. The minimum Gasteiger partial charge on any atom is -0.360 e. The van der Waals surface area contributed by atoms with Gasteiger partial charge in [0.2, 0.25) is 0 Å². The van der Waals surface area contributed by atoms with Crippen LogP contribution in [0, 0.1) is 0 Å². The van der Waals surface area contributed by atoms with Crippen molar-refractivity contribution >= 4 is 33.3 Å². The molecule has 2 aromatic heterocycles. The number of rotatable bonds is 4. The molecule has 1 saturated heterocycles. The van der Waals surface area contributed by atoms with E-state index < -0.39 is 0 Å². The third-order valence-corrected chi connectivity index (χ3v) is 5.18. The van der Waals surface area contributed by atoms with E-state index in [-0.39, 0.29) is 5.91 Å². The Labute approximate surface area is 138 Å². The van der Waals surface area contributed by atoms with Crippen LogP contribution in [0.25, 0.3) is 10.9 Å². The van der Waals surface area contributed by atoms with Crippen LogP contribution in [-0.4, -0.2) is 35.0 Å². The summed E-state index contributed by atoms with van der Waals surface area (Å²) in [6, 6.07) is 8.19. The third kappa shape index (κ3) is 2.70. The molecule has 1 atom stereocenters. The van der Waals surface area contributed by atoms with Crippen molar-refractivity contribution in [2.75, 3.05) is 18.0 Å². The number of anilines is 1. The monoisotopic (exact) mass is 326 g/mol. The second-order valence-electron chi connectivity index (χ2n) is 5.76. The van der Waals surface area contributed by atoms with Gasteiger partial charge in [0.25, 0.3) is 5.91 Å². The van der Waals surface area contributed by atoms with Crippen LogP contribution in [0.2, 0.25) is 0 Å². The zero-order valence-electron chi connectivity index (χ0n) is 12.7. The van der Waals surface area contributed by atoms with Crippen LogP contribution in [0.1, 0.15) is 23.2 Å². The molecule has 118 valence electrons. The number of aromatic amines is 1. The molecule has 1 amide bonds. The highest BCUT2D eigenvalue weighted by molar-refractivity contribution is 7.13. The van der Waals surface area contributed by atoms with E-state index in [9.17, 15) is 4.79 Å². The SMILES string of the molecule is O=C(NC[C@@H]1CCCN1c1nccs1)c1c[nH]c2ccccc12. The Balaban J connectivity index is 1.45. The largest absolute Gasteiger partial charge is 0.360 e. The molecule has 5 nitrogen and oxygen atoms in total. The fourth-order valence-corrected chi connectivity index (χ4v) is 3.96. The van der Waals surface area contributed by atoms with Crippen molar-refractivity contribution in [2.24, 2.45) is 0 Å². The lowest BCUT2D eigenvalue weighted by Gasteiger charge is -2.24. The minimum atomic E-state index is -0.0200. The Hall–Kier alpha value is -2.34. The van der Waals surface area contributed by atoms with Gasteiger partial charge in [-0.3, -0.25) is 4.79 Å². The van der Waals surface area contributed by atoms with Gasteiger partial charge >= 0.3 is 0 Å². The summed E-state index contributed by atoms with van der Waals surface area (Å²) in [6.07, 6.45) is 5.86. The zero-order chi connectivity index (χ0) is 15.6. The number of hydrogen-bond acceptors (Lipinski definition) is 4. The number of nitrogens with one attached hydrogen (secondary N) is 2. The maximum atomic E-state index is 12.5. The van der Waals surface area contributed by atoms with Gasteiger partial charge in [0.05, 0.1) is 5.56 Å². The highest BCUT2D eigenvalue weighted by Gasteiger charge is 2.26. The van der Waals surface area contributed by atoms with Gasteiger partial charge < -0.3 is 15.2 Å². The summed E-state index contributed by atoms with van der Waals surface area (Å²) in [4.78, 5) is 22.4. The van der Waals surface area contributed by atoms with E-state index in [1.165, 1.54) is 0 Å². The van der Waals surface area contributed by atoms with E-state index in [1.54, 1.807) is 17.5 Å². The molecular weight excluding hydrogens is 308 g/mol. The molecule has 1 fully saturated rings. The van der Waals surface area contributed by atoms with Crippen molar-refractivity contribution < 1.29 is 4.79 Å². The summed E-state index contributed by atoms with van der Waals surface area (Å²) in [6.45, 7) is 1.67. The number of carbonyl (C=O) groups is 1. The first-order valence-corrected chi connectivity index (χ1v) is 8.71. The number of fused-ring (bicyclic) bond motifs is 1. The molecule has 4 rings (SSSR count). The number of carbonyl (C=O) groups excluding carboxylic acids is 1. The van der Waals surface area contributed by atoms with Crippen LogP contribution in [0.5, 0.6) is 0 Å². The number of para-hydroxylation sites is 1. The van der Waals surface area contributed by atoms with E-state index in [1.807, 2.05) is 35.8 Å². The van der Waals surface area contributed by atoms with Gasteiger partial charge in [-0.2, -0.15) is 0 Å². The Morgan fingerprint density at radius 2 is 2.35 bits per heavy atom. The summed E-state index contributed by atoms with van der Waals surface area (Å²) in [5, 5.41) is 7.10. The van der Waals surface area contributed by atoms with E-state index in [0.29, 0.717) is 18.2 Å². The molecule has 2 N–H and O–H groups in total. The normalized spacial score (nSPS) is 17.7. The molecule has 0 radical (unpaired) electrons. The predicted molar refractivity (Wildman–Crippen MR) is 93.1 cm³/mol. The van der Waals surface area contributed by atoms with Gasteiger partial charge in [0, 0.05) is 47.8 Å². The van der Waals surface area contributed by atoms with Crippen LogP contribution < -0.4 is 10.2 Å². The summed E-state index contributed by atoms with van der Waals surface area (Å²) < 4.78 is 0. The third-order valence-electron chi connectivity index (χ3n) is 4.37. The van der Waals surface area contributed by atoms with Gasteiger partial charge in [-0.25, -0.2) is 4.98 Å². The fourth-order valence-electron chi connectivity index (χ4n) is 3.22. The molecule has 0 saturated carbocycles. The number of hydrogen-bond donors (Lipinski definition) is 2. The van der Waals surface area contributed by atoms with Crippen molar-refractivity contribution in [3.63, 3.8) is 0 Å². The van der Waals surface area contributed by atoms with E-state index in [0.717, 1.165) is 35.4 Å². The van der Waals surface area contributed by atoms with Gasteiger partial charge in [0.15, 0.2) is 5.13 Å². The number of benzene rings is 1. The molecule has 1 aromatic carbocycles. The van der Waals surface area contributed by atoms with Crippen LogP contribution >= 0.6 is 11.3 Å². The highest BCUT2D eigenvalue weighted by Crippen LogP contribution is 2.27. The van der Waals surface area contributed by atoms with Crippen molar-refractivity contribution in [1.29, 1.82) is 0 Å². The second kappa shape index (κ2) is 6.04. The Morgan fingerprint density at radius 3 is 3.22 bits per heavy atom. The highest BCUT2D eigenvalue weighted by atomic mass is 32.1. The van der Waals surface area contributed by atoms with Gasteiger partial charge in [-0.15, -0.1) is 11.3 Å². The molecule has 0 unspecified atom stereocenters. The molecule has 0 spiro atoms. The van der Waals surface area contributed by atoms with E-state index in [4.69, 9.17) is 0 Å². The first-order chi connectivity index (χ1) is 11.3. The first-order valence-electron chi connectivity index (χ1n) is 7.83. The van der Waals surface area contributed by atoms with E-state index >= 15 is 0 Å². The predicted octanol–water partition coefficient (Wildman–Crippen LogP) is 3.02. The molecule has 23 heavy (non-hydrogen) atoms. The summed E-state index contributed by atoms with van der Waals surface area (Å²) in [5.41, 5.74) is 1.70. The van der Waals surface area contributed by atoms with Crippen molar-refractivity contribution in [3.05, 3.63) is 47.6 Å². The molecule has 3 aromatic rings. The topological polar surface area (TPSA) is 61.0 Å². The second-order valence-corrected chi connectivity index (χ2v) is 6.64. The quantitative estimate of drug-likeness (QED) is 0.775. The van der Waals surface area contributed by atoms with Gasteiger partial charge in [-0.05, 0) is 18.9 Å². The molecule has 0 bridgehead atoms. The van der Waals surface area contributed by atoms with Crippen LogP contribution in [0.4, 0.5) is 5.13 Å². The molecule has 6 heteroatoms. The van der Waals surface area contributed by atoms with E-state index in [2.05, 4.69) is 20.2 Å².